The average molecular weight is 373 g/mol. The molecule has 2 amide bonds. The second-order valence-corrected chi connectivity index (χ2v) is 7.67. The van der Waals surface area contributed by atoms with Crippen molar-refractivity contribution >= 4 is 23.4 Å². The van der Waals surface area contributed by atoms with E-state index in [1.165, 1.54) is 18.5 Å². The van der Waals surface area contributed by atoms with Gasteiger partial charge in [-0.15, -0.1) is 0 Å². The van der Waals surface area contributed by atoms with Crippen LogP contribution in [0.15, 0.2) is 24.3 Å². The molecule has 6 nitrogen and oxygen atoms in total. The molecule has 1 aromatic rings. The average Bonchev–Trinajstić information content (AvgIpc) is 2.69. The fourth-order valence-electron chi connectivity index (χ4n) is 3.81. The molecule has 27 heavy (non-hydrogen) atoms. The number of nitrogens with zero attached hydrogens (tertiary/aromatic N) is 2. The Bertz CT molecular complexity index is 631. The SMILES string of the molecule is CCOC(=O)N1CCC(C(=O)Nc2ccc(N3CCC(C)CC3)cc2)CC1. The maximum absolute atomic E-state index is 12.5. The first kappa shape index (κ1) is 19.5. The smallest absolute Gasteiger partial charge is 0.409 e. The van der Waals surface area contributed by atoms with Gasteiger partial charge in [0.1, 0.15) is 0 Å². The number of benzene rings is 1. The number of likely N-dealkylation sites (tertiary alicyclic amines) is 1. The van der Waals surface area contributed by atoms with Crippen molar-refractivity contribution in [3.05, 3.63) is 24.3 Å². The zero-order valence-corrected chi connectivity index (χ0v) is 16.4. The fraction of sp³-hybridized carbons (Fsp3) is 0.619. The largest absolute Gasteiger partial charge is 0.450 e. The Balaban J connectivity index is 1.48. The van der Waals surface area contributed by atoms with Crippen LogP contribution in [0, 0.1) is 11.8 Å². The van der Waals surface area contributed by atoms with E-state index in [0.29, 0.717) is 32.5 Å². The first-order valence-electron chi connectivity index (χ1n) is 10.1. The Hall–Kier alpha value is -2.24. The zero-order valence-electron chi connectivity index (χ0n) is 16.4. The minimum Gasteiger partial charge on any atom is -0.450 e. The minimum atomic E-state index is -0.279. The zero-order chi connectivity index (χ0) is 19.2. The summed E-state index contributed by atoms with van der Waals surface area (Å²) < 4.78 is 5.02. The highest BCUT2D eigenvalue weighted by atomic mass is 16.6. The van der Waals surface area contributed by atoms with Crippen molar-refractivity contribution < 1.29 is 14.3 Å². The van der Waals surface area contributed by atoms with Crippen molar-refractivity contribution in [2.45, 2.75) is 39.5 Å². The monoisotopic (exact) mass is 373 g/mol. The summed E-state index contributed by atoms with van der Waals surface area (Å²) in [4.78, 5) is 28.4. The maximum Gasteiger partial charge on any atom is 0.409 e. The van der Waals surface area contributed by atoms with Gasteiger partial charge in [0.2, 0.25) is 5.91 Å². The molecule has 0 aliphatic carbocycles. The fourth-order valence-corrected chi connectivity index (χ4v) is 3.81. The Morgan fingerprint density at radius 3 is 2.26 bits per heavy atom. The van der Waals surface area contributed by atoms with Crippen molar-refractivity contribution in [3.63, 3.8) is 0 Å². The van der Waals surface area contributed by atoms with Crippen LogP contribution in [0.4, 0.5) is 16.2 Å². The van der Waals surface area contributed by atoms with Gasteiger partial charge in [-0.3, -0.25) is 4.79 Å². The van der Waals surface area contributed by atoms with Gasteiger partial charge in [-0.1, -0.05) is 6.92 Å². The van der Waals surface area contributed by atoms with Crippen LogP contribution in [0.2, 0.25) is 0 Å². The van der Waals surface area contributed by atoms with Crippen molar-refractivity contribution in [1.82, 2.24) is 4.90 Å². The summed E-state index contributed by atoms with van der Waals surface area (Å²) in [6, 6.07) is 8.15. The predicted octanol–water partition coefficient (Wildman–Crippen LogP) is 3.73. The molecule has 2 aliphatic rings. The number of ether oxygens (including phenoxy) is 1. The molecule has 0 bridgehead atoms. The molecule has 2 heterocycles. The van der Waals surface area contributed by atoms with E-state index in [0.717, 1.165) is 24.7 Å². The summed E-state index contributed by atoms with van der Waals surface area (Å²) in [5.41, 5.74) is 2.06. The lowest BCUT2D eigenvalue weighted by molar-refractivity contribution is -0.121. The van der Waals surface area contributed by atoms with Gasteiger partial charge in [0.05, 0.1) is 6.61 Å². The van der Waals surface area contributed by atoms with Crippen molar-refractivity contribution in [2.75, 3.05) is 43.0 Å². The predicted molar refractivity (Wildman–Crippen MR) is 107 cm³/mol. The molecular formula is C21H31N3O3. The molecule has 0 saturated carbocycles. The van der Waals surface area contributed by atoms with Crippen molar-refractivity contribution in [1.29, 1.82) is 0 Å². The normalized spacial score (nSPS) is 19.0. The van der Waals surface area contributed by atoms with Crippen molar-refractivity contribution in [3.8, 4) is 0 Å². The minimum absolute atomic E-state index is 0.0399. The molecule has 0 spiro atoms. The van der Waals surface area contributed by atoms with Gasteiger partial charge in [-0.2, -0.15) is 0 Å². The molecule has 2 fully saturated rings. The quantitative estimate of drug-likeness (QED) is 0.874. The third kappa shape index (κ3) is 5.15. The Morgan fingerprint density at radius 2 is 1.67 bits per heavy atom. The van der Waals surface area contributed by atoms with E-state index in [9.17, 15) is 9.59 Å². The number of amides is 2. The summed E-state index contributed by atoms with van der Waals surface area (Å²) in [7, 11) is 0. The summed E-state index contributed by atoms with van der Waals surface area (Å²) >= 11 is 0. The summed E-state index contributed by atoms with van der Waals surface area (Å²) in [5.74, 6) is 0.798. The van der Waals surface area contributed by atoms with E-state index in [4.69, 9.17) is 4.74 Å². The molecule has 1 aromatic carbocycles. The van der Waals surface area contributed by atoms with Crippen LogP contribution in [0.3, 0.4) is 0 Å². The first-order valence-corrected chi connectivity index (χ1v) is 10.1. The third-order valence-corrected chi connectivity index (χ3v) is 5.68. The summed E-state index contributed by atoms with van der Waals surface area (Å²) in [6.45, 7) is 7.85. The van der Waals surface area contributed by atoms with E-state index < -0.39 is 0 Å². The lowest BCUT2D eigenvalue weighted by Gasteiger charge is -2.32. The Kier molecular flexibility index (Phi) is 6.58. The van der Waals surface area contributed by atoms with E-state index >= 15 is 0 Å². The van der Waals surface area contributed by atoms with Crippen LogP contribution in [0.25, 0.3) is 0 Å². The number of piperidine rings is 2. The lowest BCUT2D eigenvalue weighted by Crippen LogP contribution is -2.41. The molecule has 6 heteroatoms. The van der Waals surface area contributed by atoms with Crippen LogP contribution in [-0.4, -0.2) is 49.7 Å². The van der Waals surface area contributed by atoms with Gasteiger partial charge in [0, 0.05) is 43.5 Å². The van der Waals surface area contributed by atoms with E-state index in [-0.39, 0.29) is 17.9 Å². The van der Waals surface area contributed by atoms with E-state index in [2.05, 4.69) is 29.3 Å². The van der Waals surface area contributed by atoms with E-state index in [1.54, 1.807) is 11.8 Å². The van der Waals surface area contributed by atoms with Gasteiger partial charge in [-0.25, -0.2) is 4.79 Å². The number of nitrogens with one attached hydrogen (secondary N) is 1. The third-order valence-electron chi connectivity index (χ3n) is 5.68. The van der Waals surface area contributed by atoms with Crippen LogP contribution >= 0.6 is 0 Å². The maximum atomic E-state index is 12.5. The molecule has 3 rings (SSSR count). The molecule has 2 aliphatic heterocycles. The number of hydrogen-bond acceptors (Lipinski definition) is 4. The van der Waals surface area contributed by atoms with Crippen molar-refractivity contribution in [2.24, 2.45) is 11.8 Å². The second-order valence-electron chi connectivity index (χ2n) is 7.67. The molecule has 0 unspecified atom stereocenters. The molecule has 148 valence electrons. The Labute approximate surface area is 161 Å². The highest BCUT2D eigenvalue weighted by Gasteiger charge is 2.28. The first-order chi connectivity index (χ1) is 13.1. The van der Waals surface area contributed by atoms with Gasteiger partial charge < -0.3 is 19.9 Å². The van der Waals surface area contributed by atoms with Crippen LogP contribution < -0.4 is 10.2 Å². The van der Waals surface area contributed by atoms with Gasteiger partial charge in [0.15, 0.2) is 0 Å². The molecular weight excluding hydrogens is 342 g/mol. The molecule has 0 atom stereocenters. The number of anilines is 2. The van der Waals surface area contributed by atoms with Gasteiger partial charge >= 0.3 is 6.09 Å². The van der Waals surface area contributed by atoms with Crippen LogP contribution in [0.1, 0.15) is 39.5 Å². The summed E-state index contributed by atoms with van der Waals surface area (Å²) in [5, 5.41) is 3.03. The molecule has 1 N–H and O–H groups in total. The standard InChI is InChI=1S/C21H31N3O3/c1-3-27-21(26)24-14-10-17(11-15-24)20(25)22-18-4-6-19(7-5-18)23-12-8-16(2)9-13-23/h4-7,16-17H,3,8-15H2,1-2H3,(H,22,25). The lowest BCUT2D eigenvalue weighted by atomic mass is 9.96. The molecule has 2 saturated heterocycles. The highest BCUT2D eigenvalue weighted by Crippen LogP contribution is 2.25. The number of carbonyl (C=O) groups excluding carboxylic acids is 2. The topological polar surface area (TPSA) is 61.9 Å². The summed E-state index contributed by atoms with van der Waals surface area (Å²) in [6.07, 6.45) is 3.55. The highest BCUT2D eigenvalue weighted by molar-refractivity contribution is 5.92. The molecule has 0 radical (unpaired) electrons. The number of rotatable bonds is 4. The van der Waals surface area contributed by atoms with Crippen LogP contribution in [0.5, 0.6) is 0 Å². The van der Waals surface area contributed by atoms with E-state index in [1.807, 2.05) is 12.1 Å². The number of hydrogen-bond donors (Lipinski definition) is 1. The van der Waals surface area contributed by atoms with Gasteiger partial charge in [0.25, 0.3) is 0 Å². The van der Waals surface area contributed by atoms with Crippen LogP contribution in [-0.2, 0) is 9.53 Å². The molecule has 0 aromatic heterocycles. The Morgan fingerprint density at radius 1 is 1.04 bits per heavy atom. The van der Waals surface area contributed by atoms with Gasteiger partial charge in [-0.05, 0) is 62.8 Å². The second kappa shape index (κ2) is 9.11. The number of carbonyl (C=O) groups is 2.